The zero-order valence-corrected chi connectivity index (χ0v) is 14.7. The van der Waals surface area contributed by atoms with Crippen LogP contribution in [0.3, 0.4) is 0 Å². The molecule has 0 saturated carbocycles. The molecule has 2 aliphatic rings. The highest BCUT2D eigenvalue weighted by molar-refractivity contribution is 5.79. The first kappa shape index (κ1) is 16.3. The van der Waals surface area contributed by atoms with E-state index in [9.17, 15) is 9.59 Å². The molecule has 4 heterocycles. The van der Waals surface area contributed by atoms with Crippen molar-refractivity contribution < 1.29 is 9.53 Å². The molecule has 0 bridgehead atoms. The number of amides is 1. The SMILES string of the molecule is Cc1nc2cc([C@H]3CCCCN3C(=O)[C@@H]3CCOC3)[nH]n2c(=O)c1C. The molecule has 2 aromatic heterocycles. The zero-order chi connectivity index (χ0) is 17.6. The first-order valence-corrected chi connectivity index (χ1v) is 9.03. The summed E-state index contributed by atoms with van der Waals surface area (Å²) in [4.78, 5) is 31.9. The third-order valence-electron chi connectivity index (χ3n) is 5.53. The Morgan fingerprint density at radius 3 is 2.92 bits per heavy atom. The van der Waals surface area contributed by atoms with Crippen molar-refractivity contribution in [3.8, 4) is 0 Å². The van der Waals surface area contributed by atoms with E-state index in [0.717, 1.165) is 43.6 Å². The smallest absolute Gasteiger partial charge is 0.275 e. The molecule has 1 amide bonds. The van der Waals surface area contributed by atoms with E-state index in [-0.39, 0.29) is 23.4 Å². The minimum Gasteiger partial charge on any atom is -0.381 e. The lowest BCUT2D eigenvalue weighted by atomic mass is 9.96. The predicted octanol–water partition coefficient (Wildman–Crippen LogP) is 1.73. The van der Waals surface area contributed by atoms with Crippen molar-refractivity contribution in [2.45, 2.75) is 45.6 Å². The van der Waals surface area contributed by atoms with Crippen molar-refractivity contribution in [3.05, 3.63) is 33.4 Å². The van der Waals surface area contributed by atoms with Crippen LogP contribution in [0.25, 0.3) is 5.65 Å². The number of nitrogens with zero attached hydrogens (tertiary/aromatic N) is 3. The van der Waals surface area contributed by atoms with Crippen LogP contribution in [0.4, 0.5) is 0 Å². The Kier molecular flexibility index (Phi) is 4.11. The number of nitrogens with one attached hydrogen (secondary N) is 1. The van der Waals surface area contributed by atoms with Gasteiger partial charge in [-0.25, -0.2) is 9.50 Å². The van der Waals surface area contributed by atoms with Crippen molar-refractivity contribution in [1.29, 1.82) is 0 Å². The standard InChI is InChI=1S/C18H24N4O3/c1-11-12(2)19-16-9-14(20-22(16)17(11)23)15-5-3-4-7-21(15)18(24)13-6-8-25-10-13/h9,13,15,20H,3-8,10H2,1-2H3/t13-,15-/m1/s1. The van der Waals surface area contributed by atoms with Gasteiger partial charge in [-0.1, -0.05) is 0 Å². The van der Waals surface area contributed by atoms with Gasteiger partial charge in [-0.15, -0.1) is 0 Å². The molecule has 7 heteroatoms. The number of piperidine rings is 1. The topological polar surface area (TPSA) is 79.7 Å². The number of H-pyrrole nitrogens is 1. The van der Waals surface area contributed by atoms with E-state index in [1.165, 1.54) is 4.52 Å². The first-order chi connectivity index (χ1) is 12.1. The van der Waals surface area contributed by atoms with Gasteiger partial charge in [0, 0.05) is 30.5 Å². The van der Waals surface area contributed by atoms with Crippen molar-refractivity contribution in [1.82, 2.24) is 19.5 Å². The number of ether oxygens (including phenoxy) is 1. The molecule has 0 radical (unpaired) electrons. The van der Waals surface area contributed by atoms with Crippen LogP contribution in [0.2, 0.25) is 0 Å². The lowest BCUT2D eigenvalue weighted by Gasteiger charge is -2.36. The third kappa shape index (κ3) is 2.76. The fraction of sp³-hybridized carbons (Fsp3) is 0.611. The van der Waals surface area contributed by atoms with Crippen LogP contribution in [0.1, 0.15) is 48.7 Å². The van der Waals surface area contributed by atoms with Crippen LogP contribution >= 0.6 is 0 Å². The number of carbonyl (C=O) groups excluding carboxylic acids is 1. The molecule has 0 aromatic carbocycles. The minimum absolute atomic E-state index is 0.0245. The third-order valence-corrected chi connectivity index (χ3v) is 5.53. The molecule has 4 rings (SSSR count). The highest BCUT2D eigenvalue weighted by atomic mass is 16.5. The van der Waals surface area contributed by atoms with Crippen LogP contribution in [0.15, 0.2) is 10.9 Å². The molecule has 134 valence electrons. The molecular formula is C18H24N4O3. The number of aromatic nitrogens is 3. The highest BCUT2D eigenvalue weighted by Crippen LogP contribution is 2.32. The van der Waals surface area contributed by atoms with Crippen molar-refractivity contribution in [2.75, 3.05) is 19.8 Å². The Morgan fingerprint density at radius 1 is 1.32 bits per heavy atom. The maximum absolute atomic E-state index is 12.9. The fourth-order valence-corrected chi connectivity index (χ4v) is 3.89. The van der Waals surface area contributed by atoms with E-state index in [2.05, 4.69) is 10.1 Å². The maximum atomic E-state index is 12.9. The highest BCUT2D eigenvalue weighted by Gasteiger charge is 2.35. The number of rotatable bonds is 2. The molecule has 2 saturated heterocycles. The van der Waals surface area contributed by atoms with Crippen LogP contribution in [0.5, 0.6) is 0 Å². The quantitative estimate of drug-likeness (QED) is 0.900. The lowest BCUT2D eigenvalue weighted by molar-refractivity contribution is -0.139. The summed E-state index contributed by atoms with van der Waals surface area (Å²) in [5.41, 5.74) is 2.82. The molecule has 2 aromatic rings. The summed E-state index contributed by atoms with van der Waals surface area (Å²) in [7, 11) is 0. The summed E-state index contributed by atoms with van der Waals surface area (Å²) in [5.74, 6) is 0.142. The number of fused-ring (bicyclic) bond motifs is 1. The lowest BCUT2D eigenvalue weighted by Crippen LogP contribution is -2.42. The van der Waals surface area contributed by atoms with Crippen molar-refractivity contribution in [2.24, 2.45) is 5.92 Å². The second-order valence-corrected chi connectivity index (χ2v) is 7.14. The van der Waals surface area contributed by atoms with Gasteiger partial charge in [-0.2, -0.15) is 0 Å². The minimum atomic E-state index is -0.0772. The Labute approximate surface area is 146 Å². The number of aryl methyl sites for hydroxylation is 1. The van der Waals surface area contributed by atoms with Gasteiger partial charge in [0.05, 0.1) is 24.3 Å². The summed E-state index contributed by atoms with van der Waals surface area (Å²) < 4.78 is 6.88. The summed E-state index contributed by atoms with van der Waals surface area (Å²) in [6.45, 7) is 5.58. The average molecular weight is 344 g/mol. The Hall–Kier alpha value is -2.15. The average Bonchev–Trinajstić information content (AvgIpc) is 3.29. The van der Waals surface area contributed by atoms with E-state index >= 15 is 0 Å². The van der Waals surface area contributed by atoms with Gasteiger partial charge >= 0.3 is 0 Å². The van der Waals surface area contributed by atoms with Gasteiger partial charge in [0.2, 0.25) is 5.91 Å². The molecule has 2 aliphatic heterocycles. The molecule has 7 nitrogen and oxygen atoms in total. The first-order valence-electron chi connectivity index (χ1n) is 9.03. The van der Waals surface area contributed by atoms with Crippen LogP contribution in [0, 0.1) is 19.8 Å². The van der Waals surface area contributed by atoms with E-state index in [1.807, 2.05) is 17.9 Å². The van der Waals surface area contributed by atoms with E-state index < -0.39 is 0 Å². The molecule has 0 unspecified atom stereocenters. The second kappa shape index (κ2) is 6.29. The van der Waals surface area contributed by atoms with Gasteiger partial charge in [-0.05, 0) is 39.5 Å². The normalized spacial score (nSPS) is 24.2. The summed E-state index contributed by atoms with van der Waals surface area (Å²) in [6, 6.07) is 1.89. The predicted molar refractivity (Wildman–Crippen MR) is 92.5 cm³/mol. The number of hydrogen-bond acceptors (Lipinski definition) is 4. The molecular weight excluding hydrogens is 320 g/mol. The Balaban J connectivity index is 1.71. The maximum Gasteiger partial charge on any atom is 0.275 e. The van der Waals surface area contributed by atoms with Gasteiger partial charge in [0.1, 0.15) is 0 Å². The second-order valence-electron chi connectivity index (χ2n) is 7.14. The summed E-state index contributed by atoms with van der Waals surface area (Å²) >= 11 is 0. The van der Waals surface area contributed by atoms with Gasteiger partial charge < -0.3 is 9.64 Å². The monoisotopic (exact) mass is 344 g/mol. The van der Waals surface area contributed by atoms with Gasteiger partial charge in [0.15, 0.2) is 5.65 Å². The summed E-state index contributed by atoms with van der Waals surface area (Å²) in [6.07, 6.45) is 3.80. The fourth-order valence-electron chi connectivity index (χ4n) is 3.89. The molecule has 1 N–H and O–H groups in total. The number of hydrogen-bond donors (Lipinski definition) is 1. The zero-order valence-electron chi connectivity index (χ0n) is 14.7. The van der Waals surface area contributed by atoms with E-state index in [4.69, 9.17) is 4.74 Å². The molecule has 2 fully saturated rings. The number of likely N-dealkylation sites (tertiary alicyclic amines) is 1. The van der Waals surface area contributed by atoms with Crippen LogP contribution in [-0.2, 0) is 9.53 Å². The molecule has 2 atom stereocenters. The van der Waals surface area contributed by atoms with Crippen LogP contribution < -0.4 is 5.56 Å². The summed E-state index contributed by atoms with van der Waals surface area (Å²) in [5, 5.41) is 3.19. The van der Waals surface area contributed by atoms with E-state index in [0.29, 0.717) is 24.4 Å². The van der Waals surface area contributed by atoms with Crippen molar-refractivity contribution in [3.63, 3.8) is 0 Å². The largest absolute Gasteiger partial charge is 0.381 e. The number of aromatic amines is 1. The Bertz CT molecular complexity index is 863. The Morgan fingerprint density at radius 2 is 2.16 bits per heavy atom. The molecule has 0 spiro atoms. The van der Waals surface area contributed by atoms with Crippen LogP contribution in [-0.4, -0.2) is 45.2 Å². The van der Waals surface area contributed by atoms with Gasteiger partial charge in [0.25, 0.3) is 5.56 Å². The molecule has 25 heavy (non-hydrogen) atoms. The number of carbonyl (C=O) groups is 1. The van der Waals surface area contributed by atoms with Crippen molar-refractivity contribution >= 4 is 11.6 Å². The van der Waals surface area contributed by atoms with Gasteiger partial charge in [-0.3, -0.25) is 14.7 Å². The van der Waals surface area contributed by atoms with E-state index in [1.54, 1.807) is 6.92 Å². The molecule has 0 aliphatic carbocycles.